The number of unbranched alkanes of at least 4 members (excludes halogenated alkanes) is 3. The molecule has 0 saturated carbocycles. The summed E-state index contributed by atoms with van der Waals surface area (Å²) in [6, 6.07) is 1.38. The van der Waals surface area contributed by atoms with Crippen molar-refractivity contribution < 1.29 is 14.4 Å². The molecular weight excluding hydrogens is 222 g/mol. The summed E-state index contributed by atoms with van der Waals surface area (Å²) in [5, 5.41) is 8.52. The number of nitrogens with zero attached hydrogens (tertiary/aromatic N) is 1. The minimum absolute atomic E-state index is 0.0111. The predicted molar refractivity (Wildman–Crippen MR) is 63.1 cm³/mol. The number of aryl methyl sites for hydroxylation is 2. The Morgan fingerprint density at radius 2 is 2.18 bits per heavy atom. The Kier molecular flexibility index (Phi) is 5.52. The van der Waals surface area contributed by atoms with Gasteiger partial charge in [0.15, 0.2) is 0 Å². The summed E-state index contributed by atoms with van der Waals surface area (Å²) in [4.78, 5) is 21.9. The lowest BCUT2D eigenvalue weighted by Crippen LogP contribution is -2.13. The lowest BCUT2D eigenvalue weighted by Gasteiger charge is -1.99. The van der Waals surface area contributed by atoms with Gasteiger partial charge in [-0.3, -0.25) is 9.59 Å². The topological polar surface area (TPSA) is 72.4 Å². The van der Waals surface area contributed by atoms with Gasteiger partial charge in [0.2, 0.25) is 0 Å². The van der Waals surface area contributed by atoms with E-state index in [2.05, 4.69) is 6.92 Å². The van der Waals surface area contributed by atoms with Crippen LogP contribution >= 0.6 is 0 Å². The molecule has 1 heterocycles. The van der Waals surface area contributed by atoms with Crippen LogP contribution in [0.3, 0.4) is 0 Å². The molecule has 0 aromatic carbocycles. The molecule has 1 aromatic rings. The second-order valence-corrected chi connectivity index (χ2v) is 4.10. The zero-order valence-corrected chi connectivity index (χ0v) is 10.1. The van der Waals surface area contributed by atoms with Gasteiger partial charge in [0, 0.05) is 12.5 Å². The Hall–Kier alpha value is -1.52. The van der Waals surface area contributed by atoms with E-state index in [1.165, 1.54) is 10.8 Å². The van der Waals surface area contributed by atoms with Crippen molar-refractivity contribution in [3.05, 3.63) is 22.2 Å². The summed E-state index contributed by atoms with van der Waals surface area (Å²) < 4.78 is 6.60. The average Bonchev–Trinajstić information content (AvgIpc) is 2.63. The lowest BCUT2D eigenvalue weighted by molar-refractivity contribution is -0.137. The van der Waals surface area contributed by atoms with E-state index in [9.17, 15) is 9.59 Å². The molecule has 0 fully saturated rings. The molecule has 0 spiro atoms. The Morgan fingerprint density at radius 3 is 2.82 bits per heavy atom. The Bertz CT molecular complexity index is 405. The first-order valence-electron chi connectivity index (χ1n) is 6.05. The maximum atomic E-state index is 11.5. The van der Waals surface area contributed by atoms with Crippen LogP contribution in [0.25, 0.3) is 0 Å². The first kappa shape index (κ1) is 13.5. The third-order valence-electron chi connectivity index (χ3n) is 2.56. The van der Waals surface area contributed by atoms with Gasteiger partial charge in [0.25, 0.3) is 5.56 Å². The number of hydrogen-bond donors (Lipinski definition) is 1. The summed E-state index contributed by atoms with van der Waals surface area (Å²) >= 11 is 0. The van der Waals surface area contributed by atoms with Gasteiger partial charge in [0.1, 0.15) is 5.76 Å². The zero-order chi connectivity index (χ0) is 12.7. The van der Waals surface area contributed by atoms with Crippen molar-refractivity contribution >= 4 is 5.97 Å². The van der Waals surface area contributed by atoms with Gasteiger partial charge in [-0.1, -0.05) is 26.2 Å². The second-order valence-electron chi connectivity index (χ2n) is 4.10. The molecule has 0 amide bonds. The molecule has 0 aliphatic rings. The van der Waals surface area contributed by atoms with E-state index in [0.717, 1.165) is 25.7 Å². The van der Waals surface area contributed by atoms with Gasteiger partial charge < -0.3 is 9.63 Å². The Balaban J connectivity index is 2.44. The molecule has 1 N–H and O–H groups in total. The van der Waals surface area contributed by atoms with Gasteiger partial charge in [-0.05, 0) is 6.42 Å². The fraction of sp³-hybridized carbons (Fsp3) is 0.667. The van der Waals surface area contributed by atoms with Crippen LogP contribution in [0, 0.1) is 0 Å². The molecule has 1 rings (SSSR count). The average molecular weight is 241 g/mol. The Morgan fingerprint density at radius 1 is 1.41 bits per heavy atom. The van der Waals surface area contributed by atoms with Gasteiger partial charge in [-0.15, -0.1) is 0 Å². The molecule has 5 nitrogen and oxygen atoms in total. The minimum Gasteiger partial charge on any atom is -0.481 e. The fourth-order valence-electron chi connectivity index (χ4n) is 1.61. The number of aliphatic carboxylic acids is 1. The second kappa shape index (κ2) is 6.93. The molecule has 5 heteroatoms. The molecule has 96 valence electrons. The third kappa shape index (κ3) is 4.89. The molecule has 0 saturated heterocycles. The molecular formula is C12H19NO4. The molecule has 0 bridgehead atoms. The van der Waals surface area contributed by atoms with Crippen LogP contribution in [0.2, 0.25) is 0 Å². The van der Waals surface area contributed by atoms with Crippen LogP contribution in [0.1, 0.15) is 44.8 Å². The van der Waals surface area contributed by atoms with Crippen molar-refractivity contribution in [2.24, 2.45) is 0 Å². The highest BCUT2D eigenvalue weighted by Crippen LogP contribution is 2.04. The highest BCUT2D eigenvalue weighted by molar-refractivity contribution is 5.66. The first-order chi connectivity index (χ1) is 8.13. The smallest absolute Gasteiger partial charge is 0.303 e. The van der Waals surface area contributed by atoms with Crippen LogP contribution in [-0.4, -0.2) is 15.8 Å². The van der Waals surface area contributed by atoms with E-state index in [-0.39, 0.29) is 18.4 Å². The first-order valence-corrected chi connectivity index (χ1v) is 6.05. The van der Waals surface area contributed by atoms with Crippen LogP contribution in [0.4, 0.5) is 0 Å². The molecule has 0 radical (unpaired) electrons. The molecule has 0 aliphatic heterocycles. The highest BCUT2D eigenvalue weighted by Gasteiger charge is 2.07. The number of carboxylic acids is 1. The van der Waals surface area contributed by atoms with Gasteiger partial charge in [-0.2, -0.15) is 4.74 Å². The molecule has 0 aliphatic carbocycles. The lowest BCUT2D eigenvalue weighted by atomic mass is 10.2. The van der Waals surface area contributed by atoms with Gasteiger partial charge in [0.05, 0.1) is 13.0 Å². The highest BCUT2D eigenvalue weighted by atomic mass is 16.5. The van der Waals surface area contributed by atoms with E-state index < -0.39 is 5.97 Å². The molecule has 0 atom stereocenters. The number of carboxylic acid groups (broad SMARTS) is 1. The molecule has 1 aromatic heterocycles. The van der Waals surface area contributed by atoms with Crippen LogP contribution in [0.15, 0.2) is 15.4 Å². The van der Waals surface area contributed by atoms with Crippen LogP contribution in [0.5, 0.6) is 0 Å². The SMILES string of the molecule is CCCCCCn1oc(CCC(=O)O)cc1=O. The summed E-state index contributed by atoms with van der Waals surface area (Å²) in [5.41, 5.74) is -0.179. The maximum absolute atomic E-state index is 11.5. The quantitative estimate of drug-likeness (QED) is 0.707. The van der Waals surface area contributed by atoms with E-state index in [1.807, 2.05) is 0 Å². The van der Waals surface area contributed by atoms with Crippen LogP contribution in [-0.2, 0) is 17.8 Å². The van der Waals surface area contributed by atoms with Crippen molar-refractivity contribution in [3.8, 4) is 0 Å². The summed E-state index contributed by atoms with van der Waals surface area (Å²) in [6.07, 6.45) is 4.56. The van der Waals surface area contributed by atoms with Crippen molar-refractivity contribution in [3.63, 3.8) is 0 Å². The van der Waals surface area contributed by atoms with Gasteiger partial charge in [-0.25, -0.2) is 0 Å². The summed E-state index contributed by atoms with van der Waals surface area (Å²) in [7, 11) is 0. The standard InChI is InChI=1S/C12H19NO4/c1-2-3-4-5-8-13-11(14)9-10(17-13)6-7-12(15)16/h9H,2-8H2,1H3,(H,15,16). The van der Waals surface area contributed by atoms with Crippen molar-refractivity contribution in [2.75, 3.05) is 0 Å². The maximum Gasteiger partial charge on any atom is 0.303 e. The number of carbonyl (C=O) groups is 1. The van der Waals surface area contributed by atoms with Gasteiger partial charge >= 0.3 is 5.97 Å². The van der Waals surface area contributed by atoms with Crippen molar-refractivity contribution in [1.29, 1.82) is 0 Å². The monoisotopic (exact) mass is 241 g/mol. The van der Waals surface area contributed by atoms with E-state index >= 15 is 0 Å². The number of rotatable bonds is 8. The third-order valence-corrected chi connectivity index (χ3v) is 2.56. The molecule has 0 unspecified atom stereocenters. The van der Waals surface area contributed by atoms with Crippen molar-refractivity contribution in [1.82, 2.24) is 4.74 Å². The molecule has 17 heavy (non-hydrogen) atoms. The van der Waals surface area contributed by atoms with E-state index in [4.69, 9.17) is 9.63 Å². The summed E-state index contributed by atoms with van der Waals surface area (Å²) in [6.45, 7) is 2.70. The van der Waals surface area contributed by atoms with Crippen molar-refractivity contribution in [2.45, 2.75) is 52.0 Å². The fourth-order valence-corrected chi connectivity index (χ4v) is 1.61. The minimum atomic E-state index is -0.886. The largest absolute Gasteiger partial charge is 0.481 e. The predicted octanol–water partition coefficient (Wildman–Crippen LogP) is 2.04. The normalized spacial score (nSPS) is 10.6. The van der Waals surface area contributed by atoms with E-state index in [0.29, 0.717) is 12.3 Å². The van der Waals surface area contributed by atoms with Crippen LogP contribution < -0.4 is 5.56 Å². The zero-order valence-electron chi connectivity index (χ0n) is 10.1. The number of aromatic nitrogens is 1. The Labute approximate surface area is 100 Å². The van der Waals surface area contributed by atoms with E-state index in [1.54, 1.807) is 0 Å². The number of hydrogen-bond acceptors (Lipinski definition) is 3. The summed E-state index contributed by atoms with van der Waals surface area (Å²) in [5.74, 6) is -0.434.